The van der Waals surface area contributed by atoms with E-state index in [1.54, 1.807) is 0 Å². The van der Waals surface area contributed by atoms with Crippen molar-refractivity contribution in [2.24, 2.45) is 11.7 Å². The Labute approximate surface area is 73.0 Å². The molecule has 0 spiro atoms. The van der Waals surface area contributed by atoms with Crippen molar-refractivity contribution in [2.75, 3.05) is 0 Å². The van der Waals surface area contributed by atoms with Crippen molar-refractivity contribution in [3.63, 3.8) is 0 Å². The van der Waals surface area contributed by atoms with Crippen molar-refractivity contribution >= 4 is 5.84 Å². The number of amidine groups is 1. The highest BCUT2D eigenvalue weighted by Gasteiger charge is 2.15. The minimum Gasteiger partial charge on any atom is -0.387 e. The molecule has 1 atom stereocenters. The van der Waals surface area contributed by atoms with Gasteiger partial charge >= 0.3 is 0 Å². The zero-order valence-corrected chi connectivity index (χ0v) is 7.30. The summed E-state index contributed by atoms with van der Waals surface area (Å²) < 4.78 is 0. The summed E-state index contributed by atoms with van der Waals surface area (Å²) in [6, 6.07) is 0. The van der Waals surface area contributed by atoms with Gasteiger partial charge < -0.3 is 5.73 Å². The molecule has 3 N–H and O–H groups in total. The van der Waals surface area contributed by atoms with Crippen molar-refractivity contribution in [2.45, 2.75) is 13.3 Å². The van der Waals surface area contributed by atoms with E-state index in [1.165, 1.54) is 0 Å². The highest BCUT2D eigenvalue weighted by molar-refractivity contribution is 5.83. The van der Waals surface area contributed by atoms with E-state index in [1.807, 2.05) is 19.1 Å². The van der Waals surface area contributed by atoms with Crippen LogP contribution in [-0.2, 0) is 0 Å². The lowest BCUT2D eigenvalue weighted by molar-refractivity contribution is 0.789. The summed E-state index contributed by atoms with van der Waals surface area (Å²) in [6.07, 6.45) is 6.74. The van der Waals surface area contributed by atoms with Crippen molar-refractivity contribution in [3.05, 3.63) is 36.0 Å². The zero-order chi connectivity index (χ0) is 9.14. The van der Waals surface area contributed by atoms with E-state index in [0.717, 1.165) is 17.6 Å². The Bertz CT molecular complexity index is 272. The first-order valence-electron chi connectivity index (χ1n) is 4.00. The molecule has 0 bridgehead atoms. The van der Waals surface area contributed by atoms with Gasteiger partial charge in [0.25, 0.3) is 0 Å². The summed E-state index contributed by atoms with van der Waals surface area (Å²) in [5.74, 6) is 0.358. The van der Waals surface area contributed by atoms with Gasteiger partial charge in [0.15, 0.2) is 0 Å². The topological polar surface area (TPSA) is 49.9 Å². The Kier molecular flexibility index (Phi) is 2.48. The molecule has 0 fully saturated rings. The average molecular weight is 162 g/mol. The van der Waals surface area contributed by atoms with Crippen LogP contribution in [0.5, 0.6) is 0 Å². The van der Waals surface area contributed by atoms with Crippen LogP contribution in [0.25, 0.3) is 0 Å². The molecule has 2 heteroatoms. The number of nitrogens with two attached hydrogens (primary N) is 1. The van der Waals surface area contributed by atoms with Crippen LogP contribution in [0.1, 0.15) is 13.3 Å². The van der Waals surface area contributed by atoms with Crippen LogP contribution in [-0.4, -0.2) is 5.84 Å². The number of nitrogens with one attached hydrogen (secondary N) is 1. The Morgan fingerprint density at radius 2 is 2.50 bits per heavy atom. The van der Waals surface area contributed by atoms with Gasteiger partial charge in [0, 0.05) is 5.92 Å². The summed E-state index contributed by atoms with van der Waals surface area (Å²) in [4.78, 5) is 0. The Morgan fingerprint density at radius 1 is 1.83 bits per heavy atom. The molecule has 64 valence electrons. The van der Waals surface area contributed by atoms with Gasteiger partial charge in [0.05, 0.1) is 5.84 Å². The third kappa shape index (κ3) is 1.64. The summed E-state index contributed by atoms with van der Waals surface area (Å²) in [6.45, 7) is 5.69. The van der Waals surface area contributed by atoms with Crippen molar-refractivity contribution in [1.29, 1.82) is 5.41 Å². The lowest BCUT2D eigenvalue weighted by atomic mass is 9.89. The van der Waals surface area contributed by atoms with E-state index in [-0.39, 0.29) is 11.8 Å². The van der Waals surface area contributed by atoms with Crippen LogP contribution in [0.15, 0.2) is 36.0 Å². The van der Waals surface area contributed by atoms with Gasteiger partial charge in [-0.1, -0.05) is 30.4 Å². The lowest BCUT2D eigenvalue weighted by Crippen LogP contribution is -2.24. The maximum Gasteiger partial charge on any atom is 0.0981 e. The number of allylic oxidation sites excluding steroid dienone is 4. The third-order valence-electron chi connectivity index (χ3n) is 2.14. The van der Waals surface area contributed by atoms with Gasteiger partial charge in [0.1, 0.15) is 0 Å². The molecule has 0 aromatic heterocycles. The van der Waals surface area contributed by atoms with Crippen molar-refractivity contribution in [1.82, 2.24) is 0 Å². The molecule has 12 heavy (non-hydrogen) atoms. The van der Waals surface area contributed by atoms with Gasteiger partial charge in [0.2, 0.25) is 0 Å². The first-order valence-corrected chi connectivity index (χ1v) is 4.00. The van der Waals surface area contributed by atoms with E-state index in [2.05, 4.69) is 12.7 Å². The lowest BCUT2D eigenvalue weighted by Gasteiger charge is -2.18. The monoisotopic (exact) mass is 162 g/mol. The molecule has 0 heterocycles. The van der Waals surface area contributed by atoms with E-state index in [0.29, 0.717) is 0 Å². The molecule has 1 aliphatic rings. The molecule has 1 aliphatic carbocycles. The van der Waals surface area contributed by atoms with Crippen molar-refractivity contribution in [3.8, 4) is 0 Å². The van der Waals surface area contributed by atoms with E-state index in [4.69, 9.17) is 11.1 Å². The van der Waals surface area contributed by atoms with Gasteiger partial charge in [-0.25, -0.2) is 0 Å². The molecule has 0 aliphatic heterocycles. The normalized spacial score (nSPS) is 22.6. The van der Waals surface area contributed by atoms with Gasteiger partial charge in [-0.15, -0.1) is 0 Å². The minimum absolute atomic E-state index is 0.105. The maximum absolute atomic E-state index is 7.32. The predicted octanol–water partition coefficient (Wildman–Crippen LogP) is 2.00. The molecule has 0 radical (unpaired) electrons. The van der Waals surface area contributed by atoms with Crippen LogP contribution < -0.4 is 5.73 Å². The second-order valence-electron chi connectivity index (χ2n) is 3.04. The average Bonchev–Trinajstić information content (AvgIpc) is 2.03. The molecule has 0 amide bonds. The van der Waals surface area contributed by atoms with Gasteiger partial charge in [-0.05, 0) is 18.9 Å². The van der Waals surface area contributed by atoms with Crippen molar-refractivity contribution < 1.29 is 0 Å². The van der Waals surface area contributed by atoms with E-state index >= 15 is 0 Å². The molecule has 0 aromatic carbocycles. The van der Waals surface area contributed by atoms with Crippen LogP contribution >= 0.6 is 0 Å². The largest absolute Gasteiger partial charge is 0.387 e. The molecule has 0 saturated heterocycles. The first kappa shape index (κ1) is 8.78. The molecule has 1 unspecified atom stereocenters. The number of hydrogen-bond acceptors (Lipinski definition) is 1. The Balaban J connectivity index is 2.83. The fraction of sp³-hybridized carbons (Fsp3) is 0.300. The van der Waals surface area contributed by atoms with E-state index in [9.17, 15) is 0 Å². The fourth-order valence-corrected chi connectivity index (χ4v) is 1.38. The smallest absolute Gasteiger partial charge is 0.0981 e. The highest BCUT2D eigenvalue weighted by Crippen LogP contribution is 2.23. The van der Waals surface area contributed by atoms with Gasteiger partial charge in [-0.3, -0.25) is 5.41 Å². The summed E-state index contributed by atoms with van der Waals surface area (Å²) in [7, 11) is 0. The molecule has 2 nitrogen and oxygen atoms in total. The van der Waals surface area contributed by atoms with Crippen LogP contribution in [0, 0.1) is 11.3 Å². The van der Waals surface area contributed by atoms with Crippen LogP contribution in [0.4, 0.5) is 0 Å². The quantitative estimate of drug-likeness (QED) is 0.473. The first-order chi connectivity index (χ1) is 5.65. The second-order valence-corrected chi connectivity index (χ2v) is 3.04. The highest BCUT2D eigenvalue weighted by atomic mass is 14.7. The Morgan fingerprint density at radius 3 is 2.92 bits per heavy atom. The molecular formula is C10H14N2. The predicted molar refractivity (Wildman–Crippen MR) is 52.1 cm³/mol. The summed E-state index contributed by atoms with van der Waals surface area (Å²) in [5, 5.41) is 7.32. The summed E-state index contributed by atoms with van der Waals surface area (Å²) in [5.41, 5.74) is 7.71. The van der Waals surface area contributed by atoms with Crippen LogP contribution in [0.3, 0.4) is 0 Å². The molecule has 0 aromatic rings. The molecule has 0 saturated carbocycles. The second kappa shape index (κ2) is 3.39. The zero-order valence-electron chi connectivity index (χ0n) is 7.30. The Hall–Kier alpha value is -1.31. The fourth-order valence-electron chi connectivity index (χ4n) is 1.38. The molecular weight excluding hydrogens is 148 g/mol. The van der Waals surface area contributed by atoms with Gasteiger partial charge in [-0.2, -0.15) is 0 Å². The standard InChI is InChI=1S/C10H14N2/c1-3-8-4-5-9(10(11)12)7(2)6-8/h3-4,6,9H,1,5H2,2H3,(H3,11,12). The number of rotatable bonds is 2. The minimum atomic E-state index is 0.105. The maximum atomic E-state index is 7.32. The van der Waals surface area contributed by atoms with Crippen LogP contribution in [0.2, 0.25) is 0 Å². The summed E-state index contributed by atoms with van der Waals surface area (Å²) >= 11 is 0. The molecule has 1 rings (SSSR count). The third-order valence-corrected chi connectivity index (χ3v) is 2.14. The number of hydrogen-bond donors (Lipinski definition) is 2. The van der Waals surface area contributed by atoms with E-state index < -0.39 is 0 Å². The SMILES string of the molecule is C=CC1=CCC(C(=N)N)C(C)=C1.